The lowest BCUT2D eigenvalue weighted by molar-refractivity contribution is -0.137. The van der Waals surface area contributed by atoms with E-state index in [9.17, 15) is 18.0 Å². The summed E-state index contributed by atoms with van der Waals surface area (Å²) < 4.78 is 40.0. The number of rotatable bonds is 8. The van der Waals surface area contributed by atoms with E-state index in [1.807, 2.05) is 13.1 Å². The van der Waals surface area contributed by atoms with E-state index in [4.69, 9.17) is 0 Å². The van der Waals surface area contributed by atoms with Gasteiger partial charge in [-0.1, -0.05) is 5.21 Å². The second-order valence-electron chi connectivity index (χ2n) is 6.52. The first kappa shape index (κ1) is 20.6. The number of amides is 1. The van der Waals surface area contributed by atoms with Crippen LogP contribution < -0.4 is 16.3 Å². The summed E-state index contributed by atoms with van der Waals surface area (Å²) in [6.45, 7) is 3.18. The Morgan fingerprint density at radius 3 is 2.79 bits per heavy atom. The van der Waals surface area contributed by atoms with Crippen LogP contribution in [0.1, 0.15) is 29.8 Å². The van der Waals surface area contributed by atoms with Gasteiger partial charge in [0.1, 0.15) is 5.70 Å². The molecule has 0 radical (unpaired) electrons. The van der Waals surface area contributed by atoms with E-state index in [1.54, 1.807) is 15.9 Å². The maximum atomic E-state index is 12.7. The summed E-state index contributed by atoms with van der Waals surface area (Å²) in [6, 6.07) is 1.80. The molecule has 0 aliphatic carbocycles. The molecule has 0 saturated heterocycles. The number of carbonyl (C=O) groups is 1. The number of carbonyl (C=O) groups excluding carboxylic acids is 1. The zero-order valence-electron chi connectivity index (χ0n) is 15.7. The molecule has 2 aromatic heterocycles. The molecule has 0 fully saturated rings. The molecule has 9 nitrogen and oxygen atoms in total. The Balaban J connectivity index is 1.42. The summed E-state index contributed by atoms with van der Waals surface area (Å²) in [7, 11) is 0. The van der Waals surface area contributed by atoms with Crippen molar-refractivity contribution in [3.8, 4) is 0 Å². The predicted molar refractivity (Wildman–Crippen MR) is 96.1 cm³/mol. The summed E-state index contributed by atoms with van der Waals surface area (Å²) in [5.74, 6) is -0.447. The highest BCUT2D eigenvalue weighted by atomic mass is 19.4. The fraction of sp³-hybridized carbons (Fsp3) is 0.412. The normalized spacial score (nSPS) is 13.9. The predicted octanol–water partition coefficient (Wildman–Crippen LogP) is 1.26. The molecule has 29 heavy (non-hydrogen) atoms. The summed E-state index contributed by atoms with van der Waals surface area (Å²) in [5, 5.41) is 12.2. The highest BCUT2D eigenvalue weighted by Gasteiger charge is 2.30. The average molecular weight is 410 g/mol. The quantitative estimate of drug-likeness (QED) is 0.564. The number of nitrogens with one attached hydrogen (secondary N) is 3. The number of aryl methyl sites for hydroxylation is 2. The van der Waals surface area contributed by atoms with Crippen molar-refractivity contribution in [2.24, 2.45) is 0 Å². The number of pyridine rings is 1. The molecule has 0 saturated carbocycles. The third-order valence-electron chi connectivity index (χ3n) is 4.13. The van der Waals surface area contributed by atoms with Crippen molar-refractivity contribution >= 4 is 5.91 Å². The van der Waals surface area contributed by atoms with Gasteiger partial charge in [0.2, 0.25) is 0 Å². The number of hydrazine groups is 2. The SMILES string of the molecule is Cc1cn(CCCCN2C=C(C(=O)NCc3cc(C(F)(F)F)ccn3)NN2)nn1. The van der Waals surface area contributed by atoms with E-state index in [0.29, 0.717) is 6.54 Å². The van der Waals surface area contributed by atoms with Gasteiger partial charge < -0.3 is 5.32 Å². The van der Waals surface area contributed by atoms with Crippen LogP contribution >= 0.6 is 0 Å². The van der Waals surface area contributed by atoms with Crippen LogP contribution in [0.4, 0.5) is 13.2 Å². The van der Waals surface area contributed by atoms with E-state index < -0.39 is 17.6 Å². The number of alkyl halides is 3. The van der Waals surface area contributed by atoms with Gasteiger partial charge in [0.25, 0.3) is 5.91 Å². The maximum absolute atomic E-state index is 12.7. The van der Waals surface area contributed by atoms with Gasteiger partial charge in [-0.05, 0) is 31.9 Å². The number of hydrogen-bond acceptors (Lipinski definition) is 7. The monoisotopic (exact) mass is 410 g/mol. The lowest BCUT2D eigenvalue weighted by Gasteiger charge is -2.14. The molecule has 1 amide bonds. The zero-order valence-corrected chi connectivity index (χ0v) is 15.7. The van der Waals surface area contributed by atoms with Crippen LogP contribution in [-0.2, 0) is 24.1 Å². The summed E-state index contributed by atoms with van der Waals surface area (Å²) in [4.78, 5) is 16.0. The van der Waals surface area contributed by atoms with E-state index in [2.05, 4.69) is 31.6 Å². The third kappa shape index (κ3) is 5.91. The number of halogens is 3. The van der Waals surface area contributed by atoms with Gasteiger partial charge in [0.15, 0.2) is 0 Å². The minimum absolute atomic E-state index is 0.112. The summed E-state index contributed by atoms with van der Waals surface area (Å²) >= 11 is 0. The van der Waals surface area contributed by atoms with Gasteiger partial charge >= 0.3 is 6.18 Å². The topological polar surface area (TPSA) is 100 Å². The van der Waals surface area contributed by atoms with Crippen molar-refractivity contribution in [3.63, 3.8) is 0 Å². The molecular formula is C17H21F3N8O. The molecule has 156 valence electrons. The molecule has 2 aromatic rings. The third-order valence-corrected chi connectivity index (χ3v) is 4.13. The fourth-order valence-electron chi connectivity index (χ4n) is 2.67. The first-order valence-electron chi connectivity index (χ1n) is 8.98. The highest BCUT2D eigenvalue weighted by Crippen LogP contribution is 2.28. The summed E-state index contributed by atoms with van der Waals surface area (Å²) in [5.41, 5.74) is 6.05. The van der Waals surface area contributed by atoms with Crippen molar-refractivity contribution in [2.75, 3.05) is 6.54 Å². The van der Waals surface area contributed by atoms with Gasteiger partial charge in [-0.3, -0.25) is 24.9 Å². The molecule has 0 unspecified atom stereocenters. The van der Waals surface area contributed by atoms with Crippen molar-refractivity contribution in [2.45, 2.75) is 39.0 Å². The van der Waals surface area contributed by atoms with Gasteiger partial charge in [0, 0.05) is 31.7 Å². The largest absolute Gasteiger partial charge is 0.416 e. The molecule has 0 aromatic carbocycles. The Bertz CT molecular complexity index is 880. The lowest BCUT2D eigenvalue weighted by Crippen LogP contribution is -2.39. The molecule has 0 spiro atoms. The van der Waals surface area contributed by atoms with Crippen molar-refractivity contribution in [1.82, 2.24) is 41.3 Å². The molecule has 3 rings (SSSR count). The van der Waals surface area contributed by atoms with Crippen molar-refractivity contribution < 1.29 is 18.0 Å². The Kier molecular flexibility index (Phi) is 6.32. The molecule has 1 aliphatic rings. The van der Waals surface area contributed by atoms with Crippen LogP contribution in [0.2, 0.25) is 0 Å². The fourth-order valence-corrected chi connectivity index (χ4v) is 2.67. The maximum Gasteiger partial charge on any atom is 0.416 e. The minimum atomic E-state index is -4.45. The smallest absolute Gasteiger partial charge is 0.345 e. The molecular weight excluding hydrogens is 389 g/mol. The first-order chi connectivity index (χ1) is 13.8. The standard InChI is InChI=1S/C17H21F3N8O/c1-12-10-27(25-23-12)6-2-3-7-28-11-15(24-26-28)16(29)22-9-14-8-13(4-5-21-14)17(18,19)20/h4-5,8,10-11,24,26H,2-3,6-7,9H2,1H3,(H,22,29). The number of hydrogen-bond donors (Lipinski definition) is 3. The van der Waals surface area contributed by atoms with Gasteiger partial charge in [-0.2, -0.15) is 13.2 Å². The Hall–Kier alpha value is -3.15. The number of aromatic nitrogens is 4. The van der Waals surface area contributed by atoms with Crippen molar-refractivity contribution in [1.29, 1.82) is 0 Å². The minimum Gasteiger partial charge on any atom is -0.345 e. The molecule has 12 heteroatoms. The lowest BCUT2D eigenvalue weighted by atomic mass is 10.2. The van der Waals surface area contributed by atoms with Crippen molar-refractivity contribution in [3.05, 3.63) is 53.4 Å². The van der Waals surface area contributed by atoms with Crippen LogP contribution in [0, 0.1) is 6.92 Å². The van der Waals surface area contributed by atoms with Gasteiger partial charge in [-0.25, -0.2) is 0 Å². The number of nitrogens with zero attached hydrogens (tertiary/aromatic N) is 5. The van der Waals surface area contributed by atoms with Gasteiger partial charge in [0.05, 0.1) is 23.5 Å². The van der Waals surface area contributed by atoms with E-state index in [0.717, 1.165) is 43.4 Å². The molecule has 3 heterocycles. The second-order valence-corrected chi connectivity index (χ2v) is 6.52. The Morgan fingerprint density at radius 1 is 1.28 bits per heavy atom. The average Bonchev–Trinajstić information content (AvgIpc) is 3.32. The Morgan fingerprint density at radius 2 is 2.07 bits per heavy atom. The number of unbranched alkanes of at least 4 members (excludes halogenated alkanes) is 1. The van der Waals surface area contributed by atoms with E-state index in [-0.39, 0.29) is 17.9 Å². The Labute approximate surface area is 164 Å². The second kappa shape index (κ2) is 8.90. The highest BCUT2D eigenvalue weighted by molar-refractivity contribution is 5.92. The molecule has 0 bridgehead atoms. The first-order valence-corrected chi connectivity index (χ1v) is 8.98. The molecule has 0 atom stereocenters. The van der Waals surface area contributed by atoms with Crippen LogP contribution in [0.5, 0.6) is 0 Å². The van der Waals surface area contributed by atoms with Crippen LogP contribution in [0.3, 0.4) is 0 Å². The van der Waals surface area contributed by atoms with Gasteiger partial charge in [-0.15, -0.1) is 10.6 Å². The van der Waals surface area contributed by atoms with E-state index in [1.165, 1.54) is 0 Å². The zero-order chi connectivity index (χ0) is 20.9. The van der Waals surface area contributed by atoms with E-state index >= 15 is 0 Å². The molecule has 3 N–H and O–H groups in total. The molecule has 1 aliphatic heterocycles. The van der Waals surface area contributed by atoms with Crippen LogP contribution in [0.15, 0.2) is 36.4 Å². The van der Waals surface area contributed by atoms with Crippen LogP contribution in [-0.4, -0.2) is 37.4 Å². The van der Waals surface area contributed by atoms with Crippen LogP contribution in [0.25, 0.3) is 0 Å². The summed E-state index contributed by atoms with van der Waals surface area (Å²) in [6.07, 6.45) is 1.84.